The molecule has 2 rings (SSSR count). The molecule has 7 nitrogen and oxygen atoms in total. The Hall–Kier alpha value is -2.70. The van der Waals surface area contributed by atoms with Gasteiger partial charge in [0.05, 0.1) is 10.8 Å². The van der Waals surface area contributed by atoms with Crippen LogP contribution in [0.3, 0.4) is 0 Å². The third-order valence-electron chi connectivity index (χ3n) is 4.60. The number of nitrogens with one attached hydrogen (secondary N) is 1. The molecule has 1 aliphatic heterocycles. The molecular weight excluding hydrogens is 362 g/mol. The quantitative estimate of drug-likeness (QED) is 0.570. The van der Waals surface area contributed by atoms with Crippen molar-refractivity contribution in [3.63, 3.8) is 0 Å². The maximum absolute atomic E-state index is 11.6. The Morgan fingerprint density at radius 2 is 1.79 bits per heavy atom. The molecule has 28 heavy (non-hydrogen) atoms. The van der Waals surface area contributed by atoms with Gasteiger partial charge in [-0.15, -0.1) is 0 Å². The minimum Gasteiger partial charge on any atom is -0.481 e. The van der Waals surface area contributed by atoms with Crippen molar-refractivity contribution in [2.75, 3.05) is 0 Å². The first kappa shape index (κ1) is 23.3. The van der Waals surface area contributed by atoms with Crippen LogP contribution in [0.2, 0.25) is 0 Å². The zero-order chi connectivity index (χ0) is 21.4. The topological polar surface area (TPSA) is 110 Å². The fourth-order valence-corrected chi connectivity index (χ4v) is 2.23. The fourth-order valence-electron chi connectivity index (χ4n) is 2.23. The zero-order valence-electron chi connectivity index (χ0n) is 16.9. The van der Waals surface area contributed by atoms with Crippen LogP contribution >= 0.6 is 0 Å². The van der Waals surface area contributed by atoms with Crippen molar-refractivity contribution >= 4 is 23.8 Å². The number of amides is 1. The molecule has 0 aliphatic carbocycles. The zero-order valence-corrected chi connectivity index (χ0v) is 16.9. The summed E-state index contributed by atoms with van der Waals surface area (Å²) in [5.74, 6) is -1.79. The smallest absolute Gasteiger partial charge is 0.319 e. The molecule has 2 N–H and O–H groups in total. The van der Waals surface area contributed by atoms with Crippen molar-refractivity contribution in [1.82, 2.24) is 5.32 Å². The lowest BCUT2D eigenvalue weighted by Crippen LogP contribution is -2.34. The molecule has 1 amide bonds. The second-order valence-electron chi connectivity index (χ2n) is 8.10. The summed E-state index contributed by atoms with van der Waals surface area (Å²) in [4.78, 5) is 43.9. The van der Waals surface area contributed by atoms with Crippen LogP contribution in [0.15, 0.2) is 30.3 Å². The third-order valence-corrected chi connectivity index (χ3v) is 4.60. The van der Waals surface area contributed by atoms with Crippen LogP contribution in [0, 0.1) is 10.8 Å². The van der Waals surface area contributed by atoms with Crippen molar-refractivity contribution in [2.45, 2.75) is 59.9 Å². The molecule has 0 aromatic heterocycles. The van der Waals surface area contributed by atoms with Crippen molar-refractivity contribution in [3.8, 4) is 0 Å². The highest BCUT2D eigenvalue weighted by atomic mass is 16.6. The molecule has 0 spiro atoms. The van der Waals surface area contributed by atoms with Gasteiger partial charge in [0.15, 0.2) is 0 Å². The summed E-state index contributed by atoms with van der Waals surface area (Å²) in [7, 11) is 0. The van der Waals surface area contributed by atoms with E-state index in [9.17, 15) is 19.2 Å². The van der Waals surface area contributed by atoms with Gasteiger partial charge in [-0.3, -0.25) is 19.2 Å². The van der Waals surface area contributed by atoms with Crippen LogP contribution in [-0.4, -0.2) is 28.9 Å². The number of aliphatic carboxylic acids is 1. The van der Waals surface area contributed by atoms with Gasteiger partial charge in [0.1, 0.15) is 0 Å². The molecule has 1 saturated heterocycles. The van der Waals surface area contributed by atoms with Gasteiger partial charge in [-0.2, -0.15) is 0 Å². The molecule has 0 unspecified atom stereocenters. The molecule has 154 valence electrons. The highest BCUT2D eigenvalue weighted by Gasteiger charge is 2.36. The van der Waals surface area contributed by atoms with Crippen LogP contribution in [0.25, 0.3) is 0 Å². The van der Waals surface area contributed by atoms with Crippen molar-refractivity contribution in [3.05, 3.63) is 35.9 Å². The maximum Gasteiger partial charge on any atom is 0.319 e. The van der Waals surface area contributed by atoms with Gasteiger partial charge < -0.3 is 15.2 Å². The summed E-state index contributed by atoms with van der Waals surface area (Å²) in [6, 6.07) is 9.60. The van der Waals surface area contributed by atoms with E-state index in [4.69, 9.17) is 5.11 Å². The van der Waals surface area contributed by atoms with Crippen molar-refractivity contribution in [2.24, 2.45) is 10.8 Å². The maximum atomic E-state index is 11.6. The highest BCUT2D eigenvalue weighted by Crippen LogP contribution is 2.28. The minimum atomic E-state index is -0.877. The molecule has 1 aromatic rings. The second kappa shape index (κ2) is 10.0. The van der Waals surface area contributed by atoms with Gasteiger partial charge in [0, 0.05) is 19.4 Å². The number of carboxylic acid groups (broad SMARTS) is 1. The van der Waals surface area contributed by atoms with Gasteiger partial charge in [-0.05, 0) is 46.1 Å². The number of carbonyl (C=O) groups excluding carboxylic acids is 3. The SMILES string of the molecule is CC(C)(CCC(=O)NCc1ccccc1)C(=O)O.CC1(C)CCC(=O)OC1=O. The Labute approximate surface area is 165 Å². The number of carbonyl (C=O) groups is 4. The van der Waals surface area contributed by atoms with E-state index in [1.807, 2.05) is 30.3 Å². The van der Waals surface area contributed by atoms with E-state index >= 15 is 0 Å². The lowest BCUT2D eigenvalue weighted by molar-refractivity contribution is -0.172. The summed E-state index contributed by atoms with van der Waals surface area (Å²) in [5.41, 5.74) is -0.291. The van der Waals surface area contributed by atoms with Crippen LogP contribution in [-0.2, 0) is 30.5 Å². The Kier molecular flexibility index (Phi) is 8.35. The van der Waals surface area contributed by atoms with Crippen LogP contribution < -0.4 is 5.32 Å². The molecule has 1 fully saturated rings. The van der Waals surface area contributed by atoms with Crippen LogP contribution in [0.5, 0.6) is 0 Å². The molecule has 0 atom stereocenters. The Bertz CT molecular complexity index is 709. The van der Waals surface area contributed by atoms with Crippen LogP contribution in [0.1, 0.15) is 58.9 Å². The van der Waals surface area contributed by atoms with Crippen LogP contribution in [0.4, 0.5) is 0 Å². The van der Waals surface area contributed by atoms with Gasteiger partial charge in [0.2, 0.25) is 5.91 Å². The van der Waals surface area contributed by atoms with E-state index < -0.39 is 28.7 Å². The third kappa shape index (κ3) is 7.90. The van der Waals surface area contributed by atoms with E-state index in [-0.39, 0.29) is 12.3 Å². The van der Waals surface area contributed by atoms with E-state index in [0.717, 1.165) is 5.56 Å². The Morgan fingerprint density at radius 1 is 1.18 bits per heavy atom. The standard InChI is InChI=1S/C14H19NO3.C7H10O3/c1-14(2,13(17)18)9-8-12(16)15-10-11-6-4-3-5-7-11;1-7(2)4-3-5(8)10-6(7)9/h3-7H,8-10H2,1-2H3,(H,15,16)(H,17,18);3-4H2,1-2H3. The Balaban J connectivity index is 0.000000330. The summed E-state index contributed by atoms with van der Waals surface area (Å²) in [6.07, 6.45) is 1.53. The summed E-state index contributed by atoms with van der Waals surface area (Å²) in [5, 5.41) is 11.7. The molecule has 0 bridgehead atoms. The molecule has 1 heterocycles. The fraction of sp³-hybridized carbons (Fsp3) is 0.524. The summed E-state index contributed by atoms with van der Waals surface area (Å²) >= 11 is 0. The molecule has 7 heteroatoms. The first-order chi connectivity index (χ1) is 12.9. The highest BCUT2D eigenvalue weighted by molar-refractivity contribution is 5.91. The second-order valence-corrected chi connectivity index (χ2v) is 8.10. The Morgan fingerprint density at radius 3 is 2.29 bits per heavy atom. The largest absolute Gasteiger partial charge is 0.481 e. The lowest BCUT2D eigenvalue weighted by Gasteiger charge is -2.25. The summed E-state index contributed by atoms with van der Waals surface area (Å²) < 4.78 is 4.42. The van der Waals surface area contributed by atoms with Crippen molar-refractivity contribution in [1.29, 1.82) is 0 Å². The van der Waals surface area contributed by atoms with Gasteiger partial charge >= 0.3 is 17.9 Å². The van der Waals surface area contributed by atoms with E-state index in [2.05, 4.69) is 10.1 Å². The number of hydrogen-bond acceptors (Lipinski definition) is 5. The molecular formula is C21H29NO6. The monoisotopic (exact) mass is 391 g/mol. The predicted molar refractivity (Wildman–Crippen MR) is 103 cm³/mol. The molecule has 0 radical (unpaired) electrons. The average molecular weight is 391 g/mol. The van der Waals surface area contributed by atoms with E-state index in [0.29, 0.717) is 25.8 Å². The van der Waals surface area contributed by atoms with E-state index in [1.165, 1.54) is 0 Å². The normalized spacial score (nSPS) is 15.7. The average Bonchev–Trinajstić information content (AvgIpc) is 2.63. The van der Waals surface area contributed by atoms with E-state index in [1.54, 1.807) is 27.7 Å². The minimum absolute atomic E-state index is 0.117. The first-order valence-electron chi connectivity index (χ1n) is 9.23. The number of rotatable bonds is 6. The number of benzene rings is 1. The number of ether oxygens (including phenoxy) is 1. The van der Waals surface area contributed by atoms with Gasteiger partial charge in [-0.1, -0.05) is 30.3 Å². The number of carboxylic acids is 1. The van der Waals surface area contributed by atoms with Gasteiger partial charge in [0.25, 0.3) is 0 Å². The number of cyclic esters (lactones) is 2. The first-order valence-corrected chi connectivity index (χ1v) is 9.23. The molecule has 0 saturated carbocycles. The van der Waals surface area contributed by atoms with Crippen molar-refractivity contribution < 1.29 is 29.0 Å². The number of hydrogen-bond donors (Lipinski definition) is 2. The lowest BCUT2D eigenvalue weighted by atomic mass is 9.86. The van der Waals surface area contributed by atoms with Gasteiger partial charge in [-0.25, -0.2) is 0 Å². The number of esters is 2. The predicted octanol–water partition coefficient (Wildman–Crippen LogP) is 3.07. The molecule has 1 aliphatic rings. The summed E-state index contributed by atoms with van der Waals surface area (Å²) in [6.45, 7) is 7.29. The molecule has 1 aromatic carbocycles.